The minimum atomic E-state index is 0.583. The van der Waals surface area contributed by atoms with Gasteiger partial charge in [-0.2, -0.15) is 5.26 Å². The van der Waals surface area contributed by atoms with Crippen molar-refractivity contribution < 1.29 is 0 Å². The van der Waals surface area contributed by atoms with Gasteiger partial charge in [-0.1, -0.05) is 19.1 Å². The van der Waals surface area contributed by atoms with Gasteiger partial charge < -0.3 is 4.90 Å². The van der Waals surface area contributed by atoms with Gasteiger partial charge in [0.25, 0.3) is 0 Å². The molecule has 0 aliphatic carbocycles. The molecule has 1 heterocycles. The molecule has 0 aliphatic heterocycles. The topological polar surface area (TPSA) is 39.9 Å². The van der Waals surface area contributed by atoms with Crippen molar-refractivity contribution in [1.82, 2.24) is 4.98 Å². The van der Waals surface area contributed by atoms with Crippen LogP contribution in [-0.4, -0.2) is 12.0 Å². The predicted molar refractivity (Wildman–Crippen MR) is 72.8 cm³/mol. The standard InChI is InChI=1S/C15H15N3/c1-3-12-6-8-14(9-7-12)18(2)15-13(11-16)5-4-10-17-15/h4-10H,3H2,1-2H3. The number of benzene rings is 1. The summed E-state index contributed by atoms with van der Waals surface area (Å²) in [6.07, 6.45) is 2.73. The highest BCUT2D eigenvalue weighted by Crippen LogP contribution is 2.24. The van der Waals surface area contributed by atoms with Crippen molar-refractivity contribution in [2.24, 2.45) is 0 Å². The van der Waals surface area contributed by atoms with Crippen LogP contribution in [-0.2, 0) is 6.42 Å². The van der Waals surface area contributed by atoms with Crippen LogP contribution in [0.2, 0.25) is 0 Å². The summed E-state index contributed by atoms with van der Waals surface area (Å²) in [5, 5.41) is 9.08. The van der Waals surface area contributed by atoms with Gasteiger partial charge >= 0.3 is 0 Å². The molecular weight excluding hydrogens is 222 g/mol. The molecule has 1 aromatic heterocycles. The lowest BCUT2D eigenvalue weighted by Gasteiger charge is -2.19. The molecule has 0 N–H and O–H groups in total. The average Bonchev–Trinajstić information content (AvgIpc) is 2.46. The summed E-state index contributed by atoms with van der Waals surface area (Å²) in [5.74, 6) is 0.684. The van der Waals surface area contributed by atoms with E-state index in [1.807, 2.05) is 11.9 Å². The Morgan fingerprint density at radius 3 is 2.56 bits per heavy atom. The van der Waals surface area contributed by atoms with Crippen LogP contribution in [0.15, 0.2) is 42.6 Å². The number of rotatable bonds is 3. The fourth-order valence-corrected chi connectivity index (χ4v) is 1.83. The van der Waals surface area contributed by atoms with Crippen LogP contribution in [0.5, 0.6) is 0 Å². The Balaban J connectivity index is 2.35. The molecule has 90 valence electrons. The van der Waals surface area contributed by atoms with Gasteiger partial charge in [0.05, 0.1) is 5.56 Å². The van der Waals surface area contributed by atoms with Crippen LogP contribution in [0.25, 0.3) is 0 Å². The van der Waals surface area contributed by atoms with Crippen molar-refractivity contribution >= 4 is 11.5 Å². The lowest BCUT2D eigenvalue weighted by atomic mass is 10.1. The molecule has 0 unspecified atom stereocenters. The van der Waals surface area contributed by atoms with E-state index in [4.69, 9.17) is 5.26 Å². The molecule has 0 bridgehead atoms. The molecule has 2 rings (SSSR count). The SMILES string of the molecule is CCc1ccc(N(C)c2ncccc2C#N)cc1. The van der Waals surface area contributed by atoms with Crippen LogP contribution in [0.3, 0.4) is 0 Å². The van der Waals surface area contributed by atoms with E-state index in [1.54, 1.807) is 18.3 Å². The van der Waals surface area contributed by atoms with Gasteiger partial charge in [-0.25, -0.2) is 4.98 Å². The number of hydrogen-bond acceptors (Lipinski definition) is 3. The Labute approximate surface area is 107 Å². The van der Waals surface area contributed by atoms with E-state index in [9.17, 15) is 0 Å². The van der Waals surface area contributed by atoms with Gasteiger partial charge in [-0.15, -0.1) is 0 Å². The first-order valence-electron chi connectivity index (χ1n) is 5.94. The second-order valence-corrected chi connectivity index (χ2v) is 4.07. The zero-order chi connectivity index (χ0) is 13.0. The molecule has 0 spiro atoms. The molecule has 0 saturated carbocycles. The summed E-state index contributed by atoms with van der Waals surface area (Å²) >= 11 is 0. The van der Waals surface area contributed by atoms with Crippen LogP contribution in [0, 0.1) is 11.3 Å². The Kier molecular flexibility index (Phi) is 3.59. The summed E-state index contributed by atoms with van der Waals surface area (Å²) in [5.41, 5.74) is 2.91. The third-order valence-electron chi connectivity index (χ3n) is 2.96. The monoisotopic (exact) mass is 237 g/mol. The zero-order valence-electron chi connectivity index (χ0n) is 10.6. The summed E-state index contributed by atoms with van der Waals surface area (Å²) in [7, 11) is 1.92. The maximum atomic E-state index is 9.08. The summed E-state index contributed by atoms with van der Waals surface area (Å²) in [4.78, 5) is 6.20. The Morgan fingerprint density at radius 1 is 1.22 bits per heavy atom. The number of pyridine rings is 1. The van der Waals surface area contributed by atoms with Gasteiger partial charge in [0.2, 0.25) is 0 Å². The molecule has 3 nitrogen and oxygen atoms in total. The van der Waals surface area contributed by atoms with E-state index in [2.05, 4.69) is 42.2 Å². The quantitative estimate of drug-likeness (QED) is 0.822. The summed E-state index contributed by atoms with van der Waals surface area (Å²) in [6.45, 7) is 2.13. The molecule has 0 radical (unpaired) electrons. The normalized spacial score (nSPS) is 9.83. The summed E-state index contributed by atoms with van der Waals surface area (Å²) < 4.78 is 0. The molecule has 1 aromatic carbocycles. The van der Waals surface area contributed by atoms with E-state index in [0.717, 1.165) is 12.1 Å². The Bertz CT molecular complexity index is 567. The van der Waals surface area contributed by atoms with Crippen molar-refractivity contribution in [2.75, 3.05) is 11.9 Å². The molecule has 2 aromatic rings. The van der Waals surface area contributed by atoms with E-state index in [0.29, 0.717) is 11.4 Å². The molecule has 0 saturated heterocycles. The predicted octanol–water partition coefficient (Wildman–Crippen LogP) is 3.28. The first-order chi connectivity index (χ1) is 8.76. The van der Waals surface area contributed by atoms with Crippen LogP contribution < -0.4 is 4.90 Å². The number of aromatic nitrogens is 1. The Morgan fingerprint density at radius 2 is 1.94 bits per heavy atom. The average molecular weight is 237 g/mol. The maximum Gasteiger partial charge on any atom is 0.150 e. The van der Waals surface area contributed by atoms with E-state index in [1.165, 1.54) is 5.56 Å². The van der Waals surface area contributed by atoms with E-state index in [-0.39, 0.29) is 0 Å². The molecule has 3 heteroatoms. The van der Waals surface area contributed by atoms with Gasteiger partial charge in [-0.3, -0.25) is 0 Å². The highest BCUT2D eigenvalue weighted by molar-refractivity contribution is 5.64. The molecule has 0 fully saturated rings. The highest BCUT2D eigenvalue weighted by atomic mass is 15.2. The highest BCUT2D eigenvalue weighted by Gasteiger charge is 2.09. The van der Waals surface area contributed by atoms with Crippen molar-refractivity contribution in [3.63, 3.8) is 0 Å². The minimum absolute atomic E-state index is 0.583. The van der Waals surface area contributed by atoms with E-state index < -0.39 is 0 Å². The Hall–Kier alpha value is -2.34. The van der Waals surface area contributed by atoms with Gasteiger partial charge in [0, 0.05) is 18.9 Å². The lowest BCUT2D eigenvalue weighted by Crippen LogP contribution is -2.12. The van der Waals surface area contributed by atoms with Crippen molar-refractivity contribution in [3.05, 3.63) is 53.7 Å². The smallest absolute Gasteiger partial charge is 0.150 e. The van der Waals surface area contributed by atoms with Crippen LogP contribution in [0.4, 0.5) is 11.5 Å². The van der Waals surface area contributed by atoms with Crippen molar-refractivity contribution in [3.8, 4) is 6.07 Å². The van der Waals surface area contributed by atoms with Gasteiger partial charge in [0.15, 0.2) is 5.82 Å². The maximum absolute atomic E-state index is 9.08. The molecule has 0 aliphatic rings. The molecule has 18 heavy (non-hydrogen) atoms. The van der Waals surface area contributed by atoms with Crippen molar-refractivity contribution in [2.45, 2.75) is 13.3 Å². The van der Waals surface area contributed by atoms with E-state index >= 15 is 0 Å². The number of nitrogens with zero attached hydrogens (tertiary/aromatic N) is 3. The fourth-order valence-electron chi connectivity index (χ4n) is 1.83. The second-order valence-electron chi connectivity index (χ2n) is 4.07. The number of nitriles is 1. The third kappa shape index (κ3) is 2.33. The van der Waals surface area contributed by atoms with Gasteiger partial charge in [-0.05, 0) is 36.2 Å². The number of aryl methyl sites for hydroxylation is 1. The molecular formula is C15H15N3. The minimum Gasteiger partial charge on any atom is -0.328 e. The first-order valence-corrected chi connectivity index (χ1v) is 5.94. The van der Waals surface area contributed by atoms with Crippen LogP contribution in [0.1, 0.15) is 18.1 Å². The van der Waals surface area contributed by atoms with Crippen LogP contribution >= 0.6 is 0 Å². The second kappa shape index (κ2) is 5.33. The fraction of sp³-hybridized carbons (Fsp3) is 0.200. The molecule has 0 atom stereocenters. The zero-order valence-corrected chi connectivity index (χ0v) is 10.6. The number of anilines is 2. The first kappa shape index (κ1) is 12.1. The van der Waals surface area contributed by atoms with Gasteiger partial charge in [0.1, 0.15) is 6.07 Å². The largest absolute Gasteiger partial charge is 0.328 e. The van der Waals surface area contributed by atoms with Crippen molar-refractivity contribution in [1.29, 1.82) is 5.26 Å². The summed E-state index contributed by atoms with van der Waals surface area (Å²) in [6, 6.07) is 14.0. The molecule has 0 amide bonds. The third-order valence-corrected chi connectivity index (χ3v) is 2.96. The number of hydrogen-bond donors (Lipinski definition) is 0. The lowest BCUT2D eigenvalue weighted by molar-refractivity contribution is 1.10.